The van der Waals surface area contributed by atoms with Gasteiger partial charge in [0.25, 0.3) is 0 Å². The molecular weight excluding hydrogens is 111 g/mol. The first-order valence-electron chi connectivity index (χ1n) is 2.99. The van der Waals surface area contributed by atoms with E-state index in [1.54, 1.807) is 0 Å². The zero-order valence-electron chi connectivity index (χ0n) is 5.18. The average molecular weight is 124 g/mol. The standard InChI is InChI=1S/C6H12O2.Li.H/c1-2-3-4-5-6(7)8;;/h2-5H2,1H3,(H,7,8);;. The van der Waals surface area contributed by atoms with Crippen molar-refractivity contribution in [1.82, 2.24) is 0 Å². The van der Waals surface area contributed by atoms with Crippen LogP contribution in [-0.2, 0) is 4.79 Å². The summed E-state index contributed by atoms with van der Waals surface area (Å²) in [6.07, 6.45) is 3.28. The Bertz CT molecular complexity index is 73.5. The molecule has 0 amide bonds. The van der Waals surface area contributed by atoms with Gasteiger partial charge in [0.15, 0.2) is 0 Å². The normalized spacial score (nSPS) is 8.11. The SMILES string of the molecule is CCCCCC(=O)O.[LiH]. The second-order valence-electron chi connectivity index (χ2n) is 1.85. The first-order valence-corrected chi connectivity index (χ1v) is 2.99. The fourth-order valence-electron chi connectivity index (χ4n) is 0.526. The van der Waals surface area contributed by atoms with E-state index >= 15 is 0 Å². The number of aliphatic carboxylic acids is 1. The molecule has 0 aliphatic carbocycles. The second kappa shape index (κ2) is 8.07. The van der Waals surface area contributed by atoms with Crippen LogP contribution in [0, 0.1) is 0 Å². The third-order valence-electron chi connectivity index (χ3n) is 0.994. The number of carboxylic acids is 1. The van der Waals surface area contributed by atoms with Gasteiger partial charge in [-0.1, -0.05) is 19.8 Å². The van der Waals surface area contributed by atoms with Crippen LogP contribution in [0.2, 0.25) is 0 Å². The van der Waals surface area contributed by atoms with Gasteiger partial charge in [0.05, 0.1) is 0 Å². The Morgan fingerprint density at radius 2 is 2.00 bits per heavy atom. The molecule has 2 nitrogen and oxygen atoms in total. The van der Waals surface area contributed by atoms with Crippen molar-refractivity contribution in [3.8, 4) is 0 Å². The summed E-state index contributed by atoms with van der Waals surface area (Å²) in [5.41, 5.74) is 0. The molecular formula is C6H13LiO2. The first kappa shape index (κ1) is 11.8. The molecule has 1 N–H and O–H groups in total. The van der Waals surface area contributed by atoms with Gasteiger partial charge in [-0.3, -0.25) is 4.79 Å². The summed E-state index contributed by atoms with van der Waals surface area (Å²) in [5, 5.41) is 8.14. The van der Waals surface area contributed by atoms with E-state index in [2.05, 4.69) is 6.92 Å². The van der Waals surface area contributed by atoms with Crippen LogP contribution in [0.1, 0.15) is 32.6 Å². The Kier molecular flexibility index (Phi) is 10.6. The van der Waals surface area contributed by atoms with Gasteiger partial charge in [0.2, 0.25) is 0 Å². The molecule has 0 rings (SSSR count). The van der Waals surface area contributed by atoms with Crippen LogP contribution in [0.25, 0.3) is 0 Å². The van der Waals surface area contributed by atoms with E-state index in [1.165, 1.54) is 0 Å². The summed E-state index contributed by atoms with van der Waals surface area (Å²) in [7, 11) is 0. The van der Waals surface area contributed by atoms with E-state index < -0.39 is 5.97 Å². The molecule has 50 valence electrons. The molecule has 0 saturated carbocycles. The summed E-state index contributed by atoms with van der Waals surface area (Å²) < 4.78 is 0. The molecule has 0 aliphatic heterocycles. The quantitative estimate of drug-likeness (QED) is 0.448. The number of hydrogen-bond donors (Lipinski definition) is 1. The number of rotatable bonds is 4. The molecule has 3 heteroatoms. The van der Waals surface area contributed by atoms with Crippen LogP contribution in [0.4, 0.5) is 0 Å². The predicted molar refractivity (Wildman–Crippen MR) is 38.9 cm³/mol. The van der Waals surface area contributed by atoms with E-state index in [1.807, 2.05) is 0 Å². The minimum absolute atomic E-state index is 0. The summed E-state index contributed by atoms with van der Waals surface area (Å²) in [6.45, 7) is 2.06. The Morgan fingerprint density at radius 1 is 1.44 bits per heavy atom. The third kappa shape index (κ3) is 11.6. The molecule has 0 saturated heterocycles. The molecule has 0 spiro atoms. The number of carboxylic acid groups (broad SMARTS) is 1. The van der Waals surface area contributed by atoms with Gasteiger partial charge < -0.3 is 5.11 Å². The van der Waals surface area contributed by atoms with E-state index in [0.29, 0.717) is 6.42 Å². The van der Waals surface area contributed by atoms with Crippen molar-refractivity contribution in [1.29, 1.82) is 0 Å². The van der Waals surface area contributed by atoms with Gasteiger partial charge in [0.1, 0.15) is 0 Å². The van der Waals surface area contributed by atoms with E-state index in [-0.39, 0.29) is 18.9 Å². The molecule has 0 heterocycles. The number of unbranched alkanes of at least 4 members (excludes halogenated alkanes) is 2. The Hall–Kier alpha value is 0.0674. The van der Waals surface area contributed by atoms with Crippen LogP contribution < -0.4 is 0 Å². The van der Waals surface area contributed by atoms with Gasteiger partial charge in [0, 0.05) is 6.42 Å². The topological polar surface area (TPSA) is 37.3 Å². The summed E-state index contributed by atoms with van der Waals surface area (Å²) in [6, 6.07) is 0. The molecule has 0 unspecified atom stereocenters. The van der Waals surface area contributed by atoms with Crippen molar-refractivity contribution in [3.05, 3.63) is 0 Å². The molecule has 0 fully saturated rings. The molecule has 0 radical (unpaired) electrons. The van der Waals surface area contributed by atoms with Crippen LogP contribution in [0.5, 0.6) is 0 Å². The summed E-state index contributed by atoms with van der Waals surface area (Å²) in [5.74, 6) is -0.682. The molecule has 0 aromatic carbocycles. The number of hydrogen-bond acceptors (Lipinski definition) is 1. The fourth-order valence-corrected chi connectivity index (χ4v) is 0.526. The zero-order chi connectivity index (χ0) is 6.41. The molecule has 0 aromatic rings. The monoisotopic (exact) mass is 124 g/mol. The molecule has 9 heavy (non-hydrogen) atoms. The zero-order valence-corrected chi connectivity index (χ0v) is 5.18. The van der Waals surface area contributed by atoms with Gasteiger partial charge >= 0.3 is 24.8 Å². The molecule has 0 aliphatic rings. The van der Waals surface area contributed by atoms with Crippen LogP contribution >= 0.6 is 0 Å². The fraction of sp³-hybridized carbons (Fsp3) is 0.833. The first-order chi connectivity index (χ1) is 3.77. The number of carbonyl (C=O) groups is 1. The summed E-state index contributed by atoms with van der Waals surface area (Å²) in [4.78, 5) is 9.87. The Labute approximate surface area is 67.8 Å². The van der Waals surface area contributed by atoms with Gasteiger partial charge in [-0.05, 0) is 6.42 Å². The maximum atomic E-state index is 9.87. The third-order valence-corrected chi connectivity index (χ3v) is 0.994. The molecule has 0 atom stereocenters. The van der Waals surface area contributed by atoms with Gasteiger partial charge in [-0.2, -0.15) is 0 Å². The van der Waals surface area contributed by atoms with Crippen molar-refractivity contribution in [2.75, 3.05) is 0 Å². The van der Waals surface area contributed by atoms with Crippen molar-refractivity contribution >= 4 is 24.8 Å². The summed E-state index contributed by atoms with van der Waals surface area (Å²) >= 11 is 0. The van der Waals surface area contributed by atoms with Crippen molar-refractivity contribution in [2.45, 2.75) is 32.6 Å². The van der Waals surface area contributed by atoms with Crippen molar-refractivity contribution in [2.24, 2.45) is 0 Å². The van der Waals surface area contributed by atoms with Gasteiger partial charge in [-0.15, -0.1) is 0 Å². The van der Waals surface area contributed by atoms with Crippen LogP contribution in [-0.4, -0.2) is 29.9 Å². The van der Waals surface area contributed by atoms with E-state index in [0.717, 1.165) is 19.3 Å². The van der Waals surface area contributed by atoms with E-state index in [9.17, 15) is 4.79 Å². The Morgan fingerprint density at radius 3 is 2.33 bits per heavy atom. The van der Waals surface area contributed by atoms with Crippen molar-refractivity contribution < 1.29 is 9.90 Å². The van der Waals surface area contributed by atoms with E-state index in [4.69, 9.17) is 5.11 Å². The average Bonchev–Trinajstić information content (AvgIpc) is 1.66. The second-order valence-corrected chi connectivity index (χ2v) is 1.85. The van der Waals surface area contributed by atoms with Gasteiger partial charge in [-0.25, -0.2) is 0 Å². The predicted octanol–water partition coefficient (Wildman–Crippen LogP) is 1.00. The molecule has 0 aromatic heterocycles. The molecule has 0 bridgehead atoms. The minimum atomic E-state index is -0.682. The maximum absolute atomic E-state index is 9.87. The van der Waals surface area contributed by atoms with Crippen LogP contribution in [0.3, 0.4) is 0 Å². The Balaban J connectivity index is 0. The van der Waals surface area contributed by atoms with Crippen molar-refractivity contribution in [3.63, 3.8) is 0 Å². The van der Waals surface area contributed by atoms with Crippen LogP contribution in [0.15, 0.2) is 0 Å².